The van der Waals surface area contributed by atoms with E-state index in [0.29, 0.717) is 17.5 Å². The maximum atomic E-state index is 6.39. The van der Waals surface area contributed by atoms with Gasteiger partial charge in [0.1, 0.15) is 11.2 Å². The summed E-state index contributed by atoms with van der Waals surface area (Å²) in [6.07, 6.45) is 3.64. The van der Waals surface area contributed by atoms with Gasteiger partial charge in [-0.3, -0.25) is 4.98 Å². The highest BCUT2D eigenvalue weighted by Crippen LogP contribution is 2.39. The van der Waals surface area contributed by atoms with Crippen molar-refractivity contribution in [2.45, 2.75) is 0 Å². The zero-order valence-electron chi connectivity index (χ0n) is 24.1. The molecular weight excluding hydrogens is 552 g/mol. The molecule has 0 saturated heterocycles. The van der Waals surface area contributed by atoms with Gasteiger partial charge in [-0.2, -0.15) is 0 Å². The second kappa shape index (κ2) is 10.2. The molecule has 9 rings (SSSR count). The quantitative estimate of drug-likeness (QED) is 0.209. The third-order valence-electron chi connectivity index (χ3n) is 8.41. The van der Waals surface area contributed by atoms with Crippen LogP contribution < -0.4 is 0 Å². The van der Waals surface area contributed by atoms with E-state index in [2.05, 4.69) is 96.0 Å². The third kappa shape index (κ3) is 4.33. The van der Waals surface area contributed by atoms with E-state index < -0.39 is 0 Å². The number of benzene rings is 6. The van der Waals surface area contributed by atoms with Gasteiger partial charge in [-0.15, -0.1) is 0 Å². The Morgan fingerprint density at radius 1 is 0.444 bits per heavy atom. The SMILES string of the molecule is c1ccc(-c2nc(-c3ccc(-c4cccc5ccc6c7cnccc7oc6c45)cc3)nc(-c3ccc4ccccc4c3)n2)cc1. The van der Waals surface area contributed by atoms with Crippen LogP contribution in [0.15, 0.2) is 150 Å². The van der Waals surface area contributed by atoms with Gasteiger partial charge in [-0.25, -0.2) is 15.0 Å². The van der Waals surface area contributed by atoms with Gasteiger partial charge in [0.15, 0.2) is 17.5 Å². The minimum absolute atomic E-state index is 0.628. The number of furan rings is 1. The van der Waals surface area contributed by atoms with Crippen molar-refractivity contribution in [3.63, 3.8) is 0 Å². The van der Waals surface area contributed by atoms with Crippen LogP contribution in [0.4, 0.5) is 0 Å². The van der Waals surface area contributed by atoms with E-state index in [9.17, 15) is 0 Å². The molecule has 0 aliphatic carbocycles. The standard InChI is InChI=1S/C40H24N4O/c1-2-8-28(9-3-1)38-42-39(44-40(43-38)31-18-13-25-7-4-5-10-30(25)23-31)29-16-14-26(15-17-29)32-12-6-11-27-19-20-33-34-24-41-22-21-35(34)45-37(33)36(27)32/h1-24H. The zero-order chi connectivity index (χ0) is 29.7. The minimum Gasteiger partial charge on any atom is -0.455 e. The molecule has 0 spiro atoms. The minimum atomic E-state index is 0.628. The summed E-state index contributed by atoms with van der Waals surface area (Å²) < 4.78 is 6.39. The number of fused-ring (bicyclic) bond motifs is 6. The summed E-state index contributed by atoms with van der Waals surface area (Å²) in [5.74, 6) is 1.91. The van der Waals surface area contributed by atoms with Gasteiger partial charge in [0, 0.05) is 45.2 Å². The van der Waals surface area contributed by atoms with Crippen molar-refractivity contribution >= 4 is 43.5 Å². The summed E-state index contributed by atoms with van der Waals surface area (Å²) >= 11 is 0. The van der Waals surface area contributed by atoms with E-state index >= 15 is 0 Å². The van der Waals surface area contributed by atoms with Gasteiger partial charge in [0.2, 0.25) is 0 Å². The van der Waals surface area contributed by atoms with Crippen LogP contribution in [0.5, 0.6) is 0 Å². The Balaban J connectivity index is 1.18. The number of hydrogen-bond donors (Lipinski definition) is 0. The number of hydrogen-bond acceptors (Lipinski definition) is 5. The topological polar surface area (TPSA) is 64.7 Å². The van der Waals surface area contributed by atoms with Crippen LogP contribution in [0.3, 0.4) is 0 Å². The first-order valence-electron chi connectivity index (χ1n) is 14.9. The van der Waals surface area contributed by atoms with Gasteiger partial charge in [-0.1, -0.05) is 115 Å². The molecule has 0 radical (unpaired) electrons. The van der Waals surface area contributed by atoms with Crippen LogP contribution in [0.25, 0.3) is 88.8 Å². The Labute approximate surface area is 258 Å². The number of aromatic nitrogens is 4. The maximum absolute atomic E-state index is 6.39. The molecule has 0 aliphatic heterocycles. The maximum Gasteiger partial charge on any atom is 0.164 e. The Morgan fingerprint density at radius 2 is 1.09 bits per heavy atom. The van der Waals surface area contributed by atoms with Crippen LogP contribution in [-0.2, 0) is 0 Å². The van der Waals surface area contributed by atoms with E-state index in [1.54, 1.807) is 6.20 Å². The second-order valence-electron chi connectivity index (χ2n) is 11.1. The van der Waals surface area contributed by atoms with Gasteiger partial charge < -0.3 is 4.42 Å². The number of nitrogens with zero attached hydrogens (tertiary/aromatic N) is 4. The van der Waals surface area contributed by atoms with E-state index in [-0.39, 0.29) is 0 Å². The molecule has 0 unspecified atom stereocenters. The molecule has 0 amide bonds. The van der Waals surface area contributed by atoms with Crippen molar-refractivity contribution in [3.8, 4) is 45.3 Å². The first-order chi connectivity index (χ1) is 22.3. The molecule has 3 aromatic heterocycles. The molecule has 0 atom stereocenters. The normalized spacial score (nSPS) is 11.6. The lowest BCUT2D eigenvalue weighted by Crippen LogP contribution is -2.00. The number of pyridine rings is 1. The number of rotatable bonds is 4. The largest absolute Gasteiger partial charge is 0.455 e. The Bertz CT molecular complexity index is 2540. The molecule has 45 heavy (non-hydrogen) atoms. The van der Waals surface area contributed by atoms with E-state index in [4.69, 9.17) is 19.4 Å². The van der Waals surface area contributed by atoms with Crippen molar-refractivity contribution in [2.75, 3.05) is 0 Å². The fourth-order valence-electron chi connectivity index (χ4n) is 6.17. The highest BCUT2D eigenvalue weighted by molar-refractivity contribution is 6.18. The molecule has 0 saturated carbocycles. The lowest BCUT2D eigenvalue weighted by molar-refractivity contribution is 0.672. The molecule has 5 heteroatoms. The first kappa shape index (κ1) is 25.3. The van der Waals surface area contributed by atoms with E-state index in [1.807, 2.05) is 48.7 Å². The fourth-order valence-corrected chi connectivity index (χ4v) is 6.17. The van der Waals surface area contributed by atoms with Crippen LogP contribution in [0.1, 0.15) is 0 Å². The summed E-state index contributed by atoms with van der Waals surface area (Å²) in [5, 5.41) is 6.62. The summed E-state index contributed by atoms with van der Waals surface area (Å²) in [4.78, 5) is 19.2. The van der Waals surface area contributed by atoms with Gasteiger partial charge in [-0.05, 0) is 45.5 Å². The van der Waals surface area contributed by atoms with Crippen molar-refractivity contribution in [1.82, 2.24) is 19.9 Å². The van der Waals surface area contributed by atoms with Crippen LogP contribution in [0.2, 0.25) is 0 Å². The average molecular weight is 577 g/mol. The molecule has 0 aliphatic rings. The Kier molecular flexibility index (Phi) is 5.74. The van der Waals surface area contributed by atoms with Crippen LogP contribution in [0, 0.1) is 0 Å². The van der Waals surface area contributed by atoms with Crippen molar-refractivity contribution in [2.24, 2.45) is 0 Å². The fraction of sp³-hybridized carbons (Fsp3) is 0. The molecule has 210 valence electrons. The van der Waals surface area contributed by atoms with Gasteiger partial charge >= 0.3 is 0 Å². The van der Waals surface area contributed by atoms with Crippen LogP contribution >= 0.6 is 0 Å². The molecule has 0 bridgehead atoms. The molecule has 3 heterocycles. The molecular formula is C40H24N4O. The molecule has 5 nitrogen and oxygen atoms in total. The summed E-state index contributed by atoms with van der Waals surface area (Å²) in [6.45, 7) is 0. The smallest absolute Gasteiger partial charge is 0.164 e. The monoisotopic (exact) mass is 576 g/mol. The lowest BCUT2D eigenvalue weighted by atomic mass is 9.96. The lowest BCUT2D eigenvalue weighted by Gasteiger charge is -2.11. The predicted octanol–water partition coefficient (Wildman–Crippen LogP) is 10.1. The van der Waals surface area contributed by atoms with Crippen molar-refractivity contribution in [3.05, 3.63) is 146 Å². The predicted molar refractivity (Wildman–Crippen MR) is 182 cm³/mol. The van der Waals surface area contributed by atoms with E-state index in [1.165, 1.54) is 5.39 Å². The second-order valence-corrected chi connectivity index (χ2v) is 11.1. The summed E-state index contributed by atoms with van der Waals surface area (Å²) in [6, 6.07) is 45.7. The molecule has 0 N–H and O–H groups in total. The van der Waals surface area contributed by atoms with Gasteiger partial charge in [0.05, 0.1) is 0 Å². The highest BCUT2D eigenvalue weighted by Gasteiger charge is 2.16. The molecule has 0 fully saturated rings. The van der Waals surface area contributed by atoms with Crippen molar-refractivity contribution in [1.29, 1.82) is 0 Å². The van der Waals surface area contributed by atoms with Crippen LogP contribution in [-0.4, -0.2) is 19.9 Å². The average Bonchev–Trinajstić information content (AvgIpc) is 3.50. The van der Waals surface area contributed by atoms with Gasteiger partial charge in [0.25, 0.3) is 0 Å². The Hall–Kier alpha value is -6.20. The zero-order valence-corrected chi connectivity index (χ0v) is 24.1. The van der Waals surface area contributed by atoms with E-state index in [0.717, 1.165) is 65.9 Å². The van der Waals surface area contributed by atoms with Crippen molar-refractivity contribution < 1.29 is 4.42 Å². The molecule has 9 aromatic rings. The summed E-state index contributed by atoms with van der Waals surface area (Å²) in [5.41, 5.74) is 6.72. The third-order valence-corrected chi connectivity index (χ3v) is 8.41. The summed E-state index contributed by atoms with van der Waals surface area (Å²) in [7, 11) is 0. The first-order valence-corrected chi connectivity index (χ1v) is 14.9. The molecule has 6 aromatic carbocycles. The Morgan fingerprint density at radius 3 is 1.91 bits per heavy atom. The highest BCUT2D eigenvalue weighted by atomic mass is 16.3.